The van der Waals surface area contributed by atoms with Crippen molar-refractivity contribution in [1.82, 2.24) is 5.32 Å². The SMILES string of the molecule is CC(C)CC(CNC(=O)C(c1ccccc1)C(C)C)C(=O)O. The Labute approximate surface area is 132 Å². The molecule has 0 spiro atoms. The maximum Gasteiger partial charge on any atom is 0.308 e. The Kier molecular flexibility index (Phi) is 7.09. The number of hydrogen-bond donors (Lipinski definition) is 2. The summed E-state index contributed by atoms with van der Waals surface area (Å²) in [5.41, 5.74) is 0.964. The molecule has 0 saturated heterocycles. The Morgan fingerprint density at radius 2 is 1.68 bits per heavy atom. The van der Waals surface area contributed by atoms with Crippen LogP contribution in [0, 0.1) is 17.8 Å². The van der Waals surface area contributed by atoms with Gasteiger partial charge in [-0.05, 0) is 23.8 Å². The van der Waals surface area contributed by atoms with Crippen molar-refractivity contribution >= 4 is 11.9 Å². The highest BCUT2D eigenvalue weighted by Crippen LogP contribution is 2.24. The number of carbonyl (C=O) groups is 2. The van der Waals surface area contributed by atoms with E-state index in [4.69, 9.17) is 0 Å². The van der Waals surface area contributed by atoms with Gasteiger partial charge in [0.05, 0.1) is 11.8 Å². The van der Waals surface area contributed by atoms with Crippen molar-refractivity contribution in [3.63, 3.8) is 0 Å². The van der Waals surface area contributed by atoms with E-state index in [1.54, 1.807) is 0 Å². The van der Waals surface area contributed by atoms with Crippen LogP contribution in [0.2, 0.25) is 0 Å². The van der Waals surface area contributed by atoms with Gasteiger partial charge in [-0.2, -0.15) is 0 Å². The molecule has 0 fully saturated rings. The number of carboxylic acids is 1. The number of hydrogen-bond acceptors (Lipinski definition) is 2. The zero-order chi connectivity index (χ0) is 16.7. The molecule has 1 aromatic rings. The molecule has 2 N–H and O–H groups in total. The second-order valence-electron chi connectivity index (χ2n) is 6.54. The van der Waals surface area contributed by atoms with Gasteiger partial charge in [0.15, 0.2) is 0 Å². The van der Waals surface area contributed by atoms with Crippen LogP contribution < -0.4 is 5.32 Å². The molecule has 2 unspecified atom stereocenters. The van der Waals surface area contributed by atoms with Crippen LogP contribution >= 0.6 is 0 Å². The van der Waals surface area contributed by atoms with Crippen LogP contribution in [-0.2, 0) is 9.59 Å². The van der Waals surface area contributed by atoms with E-state index in [1.165, 1.54) is 0 Å². The summed E-state index contributed by atoms with van der Waals surface area (Å²) in [6.45, 7) is 8.15. The molecule has 22 heavy (non-hydrogen) atoms. The first kappa shape index (κ1) is 18.2. The molecule has 0 aliphatic heterocycles. The van der Waals surface area contributed by atoms with Gasteiger partial charge >= 0.3 is 5.97 Å². The fourth-order valence-electron chi connectivity index (χ4n) is 2.67. The summed E-state index contributed by atoms with van der Waals surface area (Å²) in [5, 5.41) is 12.1. The molecule has 4 heteroatoms. The molecule has 0 radical (unpaired) electrons. The first-order valence-electron chi connectivity index (χ1n) is 7.88. The lowest BCUT2D eigenvalue weighted by atomic mass is 9.87. The second kappa shape index (κ2) is 8.57. The van der Waals surface area contributed by atoms with E-state index >= 15 is 0 Å². The zero-order valence-corrected chi connectivity index (χ0v) is 13.9. The molecule has 2 atom stereocenters. The van der Waals surface area contributed by atoms with E-state index in [-0.39, 0.29) is 30.2 Å². The van der Waals surface area contributed by atoms with Crippen molar-refractivity contribution in [2.45, 2.75) is 40.0 Å². The quantitative estimate of drug-likeness (QED) is 0.774. The Morgan fingerprint density at radius 3 is 2.14 bits per heavy atom. The fourth-order valence-corrected chi connectivity index (χ4v) is 2.67. The van der Waals surface area contributed by atoms with Gasteiger partial charge in [0.1, 0.15) is 0 Å². The lowest BCUT2D eigenvalue weighted by Crippen LogP contribution is -2.37. The normalized spacial score (nSPS) is 13.9. The van der Waals surface area contributed by atoms with Crippen molar-refractivity contribution in [3.05, 3.63) is 35.9 Å². The Balaban J connectivity index is 2.74. The van der Waals surface area contributed by atoms with E-state index in [1.807, 2.05) is 58.0 Å². The first-order chi connectivity index (χ1) is 10.3. The minimum atomic E-state index is -0.852. The highest BCUT2D eigenvalue weighted by Gasteiger charge is 2.26. The highest BCUT2D eigenvalue weighted by molar-refractivity contribution is 5.84. The van der Waals surface area contributed by atoms with Crippen LogP contribution in [0.25, 0.3) is 0 Å². The predicted molar refractivity (Wildman–Crippen MR) is 87.6 cm³/mol. The largest absolute Gasteiger partial charge is 0.481 e. The van der Waals surface area contributed by atoms with Crippen LogP contribution in [0.4, 0.5) is 0 Å². The zero-order valence-electron chi connectivity index (χ0n) is 13.9. The van der Waals surface area contributed by atoms with E-state index in [2.05, 4.69) is 5.32 Å². The molecule has 4 nitrogen and oxygen atoms in total. The summed E-state index contributed by atoms with van der Waals surface area (Å²) in [6, 6.07) is 9.62. The molecule has 0 aliphatic carbocycles. The molecule has 122 valence electrons. The summed E-state index contributed by atoms with van der Waals surface area (Å²) in [6.07, 6.45) is 0.563. The highest BCUT2D eigenvalue weighted by atomic mass is 16.4. The Hall–Kier alpha value is -1.84. The third kappa shape index (κ3) is 5.51. The summed E-state index contributed by atoms with van der Waals surface area (Å²) in [5.74, 6) is -1.31. The van der Waals surface area contributed by atoms with Crippen LogP contribution in [0.15, 0.2) is 30.3 Å². The lowest BCUT2D eigenvalue weighted by molar-refractivity contribution is -0.142. The van der Waals surface area contributed by atoms with E-state index < -0.39 is 11.9 Å². The van der Waals surface area contributed by atoms with Gasteiger partial charge in [-0.25, -0.2) is 0 Å². The summed E-state index contributed by atoms with van der Waals surface area (Å²) in [4.78, 5) is 23.8. The maximum absolute atomic E-state index is 12.5. The number of aliphatic carboxylic acids is 1. The van der Waals surface area contributed by atoms with Gasteiger partial charge < -0.3 is 10.4 Å². The third-order valence-electron chi connectivity index (χ3n) is 3.74. The second-order valence-corrected chi connectivity index (χ2v) is 6.54. The van der Waals surface area contributed by atoms with Gasteiger partial charge in [0.2, 0.25) is 5.91 Å². The van der Waals surface area contributed by atoms with Crippen LogP contribution in [-0.4, -0.2) is 23.5 Å². The van der Waals surface area contributed by atoms with Crippen molar-refractivity contribution in [2.24, 2.45) is 17.8 Å². The standard InChI is InChI=1S/C18H27NO3/c1-12(2)10-15(18(21)22)11-19-17(20)16(13(3)4)14-8-6-5-7-9-14/h5-9,12-13,15-16H,10-11H2,1-4H3,(H,19,20)(H,21,22). The van der Waals surface area contributed by atoms with Crippen molar-refractivity contribution in [3.8, 4) is 0 Å². The molecule has 1 amide bonds. The van der Waals surface area contributed by atoms with E-state index in [9.17, 15) is 14.7 Å². The number of benzene rings is 1. The van der Waals surface area contributed by atoms with Crippen molar-refractivity contribution < 1.29 is 14.7 Å². The van der Waals surface area contributed by atoms with Crippen molar-refractivity contribution in [2.75, 3.05) is 6.54 Å². The minimum absolute atomic E-state index is 0.101. The average Bonchev–Trinajstić information content (AvgIpc) is 2.43. The molecule has 0 aliphatic rings. The topological polar surface area (TPSA) is 66.4 Å². The van der Waals surface area contributed by atoms with E-state index in [0.717, 1.165) is 5.56 Å². The molecular weight excluding hydrogens is 278 g/mol. The van der Waals surface area contributed by atoms with Crippen LogP contribution in [0.1, 0.15) is 45.6 Å². The van der Waals surface area contributed by atoms with Crippen molar-refractivity contribution in [1.29, 1.82) is 0 Å². The Morgan fingerprint density at radius 1 is 1.09 bits per heavy atom. The molecular formula is C18H27NO3. The molecule has 1 rings (SSSR count). The fraction of sp³-hybridized carbons (Fsp3) is 0.556. The average molecular weight is 305 g/mol. The lowest BCUT2D eigenvalue weighted by Gasteiger charge is -2.22. The summed E-state index contributed by atoms with van der Waals surface area (Å²) < 4.78 is 0. The number of rotatable bonds is 8. The van der Waals surface area contributed by atoms with Gasteiger partial charge in [-0.15, -0.1) is 0 Å². The van der Waals surface area contributed by atoms with Gasteiger partial charge in [0, 0.05) is 6.54 Å². The number of carboxylic acid groups (broad SMARTS) is 1. The molecule has 1 aromatic carbocycles. The number of amides is 1. The maximum atomic E-state index is 12.5. The molecule has 0 aromatic heterocycles. The molecule has 0 saturated carbocycles. The predicted octanol–water partition coefficient (Wildman–Crippen LogP) is 3.29. The van der Waals surface area contributed by atoms with Gasteiger partial charge in [0.25, 0.3) is 0 Å². The monoisotopic (exact) mass is 305 g/mol. The first-order valence-corrected chi connectivity index (χ1v) is 7.88. The number of nitrogens with one attached hydrogen (secondary N) is 1. The minimum Gasteiger partial charge on any atom is -0.481 e. The summed E-state index contributed by atoms with van der Waals surface area (Å²) >= 11 is 0. The smallest absolute Gasteiger partial charge is 0.308 e. The van der Waals surface area contributed by atoms with E-state index in [0.29, 0.717) is 6.42 Å². The Bertz CT molecular complexity index is 482. The third-order valence-corrected chi connectivity index (χ3v) is 3.74. The molecule has 0 bridgehead atoms. The van der Waals surface area contributed by atoms with Gasteiger partial charge in [-0.3, -0.25) is 9.59 Å². The van der Waals surface area contributed by atoms with Crippen LogP contribution in [0.3, 0.4) is 0 Å². The van der Waals surface area contributed by atoms with Crippen LogP contribution in [0.5, 0.6) is 0 Å². The summed E-state index contributed by atoms with van der Waals surface area (Å²) in [7, 11) is 0. The van der Waals surface area contributed by atoms with Gasteiger partial charge in [-0.1, -0.05) is 58.0 Å². The molecule has 0 heterocycles. The number of carbonyl (C=O) groups excluding carboxylic acids is 1.